The van der Waals surface area contributed by atoms with E-state index in [0.717, 1.165) is 12.8 Å². The average molecular weight is 387 g/mol. The number of likely N-dealkylation sites (tertiary alicyclic amines) is 1. The van der Waals surface area contributed by atoms with E-state index in [1.165, 1.54) is 18.1 Å². The van der Waals surface area contributed by atoms with Gasteiger partial charge in [0.15, 0.2) is 0 Å². The van der Waals surface area contributed by atoms with Crippen molar-refractivity contribution < 1.29 is 23.5 Å². The number of hydrogen-bond acceptors (Lipinski definition) is 6. The SMILES string of the molecule is COC(=O)[C@H]1[C@H](C)CCCN1C(=O)c1cc2ccc(OC(C)C)cc2oc1=O. The molecule has 1 aromatic carbocycles. The molecule has 1 fully saturated rings. The molecule has 7 heteroatoms. The first kappa shape index (κ1) is 19.9. The molecule has 150 valence electrons. The van der Waals surface area contributed by atoms with Crippen molar-refractivity contribution in [1.82, 2.24) is 4.90 Å². The van der Waals surface area contributed by atoms with Crippen molar-refractivity contribution in [2.75, 3.05) is 13.7 Å². The lowest BCUT2D eigenvalue weighted by molar-refractivity contribution is -0.149. The summed E-state index contributed by atoms with van der Waals surface area (Å²) in [5.41, 5.74) is -0.481. The van der Waals surface area contributed by atoms with Gasteiger partial charge in [-0.3, -0.25) is 4.79 Å². The molecule has 0 bridgehead atoms. The highest BCUT2D eigenvalue weighted by Gasteiger charge is 2.39. The number of methoxy groups -OCH3 is 1. The second-order valence-corrected chi connectivity index (χ2v) is 7.40. The zero-order valence-corrected chi connectivity index (χ0v) is 16.6. The van der Waals surface area contributed by atoms with Crippen molar-refractivity contribution in [3.8, 4) is 5.75 Å². The summed E-state index contributed by atoms with van der Waals surface area (Å²) in [5, 5.41) is 0.610. The molecule has 1 saturated heterocycles. The Kier molecular flexibility index (Phi) is 5.72. The minimum atomic E-state index is -0.735. The summed E-state index contributed by atoms with van der Waals surface area (Å²) in [6, 6.07) is 5.94. The molecule has 0 unspecified atom stereocenters. The van der Waals surface area contributed by atoms with Crippen LogP contribution in [0.25, 0.3) is 11.0 Å². The second-order valence-electron chi connectivity index (χ2n) is 7.40. The molecule has 2 aromatic rings. The van der Waals surface area contributed by atoms with E-state index in [4.69, 9.17) is 13.9 Å². The van der Waals surface area contributed by atoms with Crippen LogP contribution >= 0.6 is 0 Å². The topological polar surface area (TPSA) is 86.1 Å². The van der Waals surface area contributed by atoms with Crippen molar-refractivity contribution in [2.45, 2.75) is 45.8 Å². The van der Waals surface area contributed by atoms with Gasteiger partial charge in [0.2, 0.25) is 0 Å². The minimum absolute atomic E-state index is 0.0126. The second kappa shape index (κ2) is 8.04. The van der Waals surface area contributed by atoms with Crippen LogP contribution in [0.2, 0.25) is 0 Å². The van der Waals surface area contributed by atoms with Gasteiger partial charge in [-0.25, -0.2) is 9.59 Å². The molecule has 1 aliphatic rings. The molecule has 0 spiro atoms. The number of hydrogen-bond donors (Lipinski definition) is 0. The van der Waals surface area contributed by atoms with Gasteiger partial charge in [-0.2, -0.15) is 0 Å². The third kappa shape index (κ3) is 3.88. The van der Waals surface area contributed by atoms with Crippen LogP contribution in [-0.2, 0) is 9.53 Å². The monoisotopic (exact) mass is 387 g/mol. The summed E-state index contributed by atoms with van der Waals surface area (Å²) < 4.78 is 15.9. The molecule has 7 nitrogen and oxygen atoms in total. The first-order valence-corrected chi connectivity index (χ1v) is 9.45. The molecule has 0 saturated carbocycles. The summed E-state index contributed by atoms with van der Waals surface area (Å²) in [6.07, 6.45) is 1.56. The predicted octanol–water partition coefficient (Wildman–Crippen LogP) is 2.99. The van der Waals surface area contributed by atoms with Crippen molar-refractivity contribution in [3.63, 3.8) is 0 Å². The number of amides is 1. The van der Waals surface area contributed by atoms with Crippen molar-refractivity contribution in [3.05, 3.63) is 40.2 Å². The van der Waals surface area contributed by atoms with Crippen molar-refractivity contribution >= 4 is 22.8 Å². The minimum Gasteiger partial charge on any atom is -0.491 e. The van der Waals surface area contributed by atoms with Gasteiger partial charge in [0.05, 0.1) is 13.2 Å². The highest BCUT2D eigenvalue weighted by atomic mass is 16.5. The molecule has 0 radical (unpaired) electrons. The van der Waals surface area contributed by atoms with E-state index in [0.29, 0.717) is 23.3 Å². The zero-order chi connectivity index (χ0) is 20.4. The van der Waals surface area contributed by atoms with Crippen LogP contribution in [-0.4, -0.2) is 42.6 Å². The van der Waals surface area contributed by atoms with E-state index in [2.05, 4.69) is 0 Å². The van der Waals surface area contributed by atoms with Gasteiger partial charge >= 0.3 is 11.6 Å². The van der Waals surface area contributed by atoms with E-state index in [-0.39, 0.29) is 17.6 Å². The molecule has 0 aliphatic carbocycles. The normalized spacial score (nSPS) is 19.7. The lowest BCUT2D eigenvalue weighted by Crippen LogP contribution is -2.53. The van der Waals surface area contributed by atoms with Gasteiger partial charge in [-0.05, 0) is 50.8 Å². The number of rotatable bonds is 4. The lowest BCUT2D eigenvalue weighted by Gasteiger charge is -2.37. The Morgan fingerprint density at radius 2 is 2.00 bits per heavy atom. The van der Waals surface area contributed by atoms with Gasteiger partial charge in [0, 0.05) is 18.0 Å². The molecule has 0 N–H and O–H groups in total. The number of esters is 1. The van der Waals surface area contributed by atoms with Gasteiger partial charge < -0.3 is 18.8 Å². The highest BCUT2D eigenvalue weighted by Crippen LogP contribution is 2.27. The molecule has 28 heavy (non-hydrogen) atoms. The molecular formula is C21H25NO6. The predicted molar refractivity (Wildman–Crippen MR) is 103 cm³/mol. The van der Waals surface area contributed by atoms with Crippen LogP contribution in [0.15, 0.2) is 33.5 Å². The summed E-state index contributed by atoms with van der Waals surface area (Å²) in [7, 11) is 1.30. The Morgan fingerprint density at radius 3 is 2.68 bits per heavy atom. The van der Waals surface area contributed by atoms with Crippen LogP contribution in [0.4, 0.5) is 0 Å². The summed E-state index contributed by atoms with van der Waals surface area (Å²) in [5.74, 6) is -0.449. The maximum absolute atomic E-state index is 13.1. The highest BCUT2D eigenvalue weighted by molar-refractivity contribution is 5.99. The summed E-state index contributed by atoms with van der Waals surface area (Å²) >= 11 is 0. The van der Waals surface area contributed by atoms with Crippen molar-refractivity contribution in [1.29, 1.82) is 0 Å². The molecule has 3 rings (SSSR count). The van der Waals surface area contributed by atoms with E-state index in [9.17, 15) is 14.4 Å². The fourth-order valence-electron chi connectivity index (χ4n) is 3.64. The van der Waals surface area contributed by atoms with Gasteiger partial charge in [-0.15, -0.1) is 0 Å². The number of fused-ring (bicyclic) bond motifs is 1. The van der Waals surface area contributed by atoms with Crippen molar-refractivity contribution in [2.24, 2.45) is 5.92 Å². The molecule has 2 heterocycles. The molecule has 2 atom stereocenters. The summed E-state index contributed by atoms with van der Waals surface area (Å²) in [4.78, 5) is 39.2. The zero-order valence-electron chi connectivity index (χ0n) is 16.6. The van der Waals surface area contributed by atoms with Gasteiger partial charge in [-0.1, -0.05) is 6.92 Å². The third-order valence-electron chi connectivity index (χ3n) is 4.95. The average Bonchev–Trinajstić information content (AvgIpc) is 2.65. The standard InChI is InChI=1S/C21H25NO6/c1-12(2)27-15-8-7-14-10-16(20(24)28-17(14)11-15)19(23)22-9-5-6-13(3)18(22)21(25)26-4/h7-8,10-13,18H,5-6,9H2,1-4H3/t13-,18-/m1/s1. The Morgan fingerprint density at radius 1 is 1.25 bits per heavy atom. The smallest absolute Gasteiger partial charge is 0.349 e. The lowest BCUT2D eigenvalue weighted by atomic mass is 9.90. The first-order valence-electron chi connectivity index (χ1n) is 9.45. The number of carbonyl (C=O) groups is 2. The largest absolute Gasteiger partial charge is 0.491 e. The number of benzene rings is 1. The quantitative estimate of drug-likeness (QED) is 0.592. The van der Waals surface area contributed by atoms with E-state index in [1.54, 1.807) is 18.2 Å². The number of nitrogens with zero attached hydrogens (tertiary/aromatic N) is 1. The molecule has 1 aromatic heterocycles. The maximum Gasteiger partial charge on any atom is 0.349 e. The Labute approximate surface area is 163 Å². The van der Waals surface area contributed by atoms with Crippen LogP contribution in [0.1, 0.15) is 44.0 Å². The Balaban J connectivity index is 1.97. The van der Waals surface area contributed by atoms with Crippen LogP contribution < -0.4 is 10.4 Å². The fraction of sp³-hybridized carbons (Fsp3) is 0.476. The van der Waals surface area contributed by atoms with Crippen LogP contribution in [0, 0.1) is 5.92 Å². The Bertz CT molecular complexity index is 948. The van der Waals surface area contributed by atoms with E-state index in [1.807, 2.05) is 20.8 Å². The van der Waals surface area contributed by atoms with E-state index < -0.39 is 23.5 Å². The number of ether oxygens (including phenoxy) is 2. The van der Waals surface area contributed by atoms with Gasteiger partial charge in [0.25, 0.3) is 5.91 Å². The third-order valence-corrected chi connectivity index (χ3v) is 4.95. The van der Waals surface area contributed by atoms with Crippen LogP contribution in [0.3, 0.4) is 0 Å². The molecular weight excluding hydrogens is 362 g/mol. The van der Waals surface area contributed by atoms with Crippen LogP contribution in [0.5, 0.6) is 5.75 Å². The Hall–Kier alpha value is -2.83. The number of piperidine rings is 1. The fourth-order valence-corrected chi connectivity index (χ4v) is 3.64. The molecule has 1 aliphatic heterocycles. The number of carbonyl (C=O) groups excluding carboxylic acids is 2. The maximum atomic E-state index is 13.1. The van der Waals surface area contributed by atoms with E-state index >= 15 is 0 Å². The first-order chi connectivity index (χ1) is 13.3. The molecule has 1 amide bonds. The summed E-state index contributed by atoms with van der Waals surface area (Å²) in [6.45, 7) is 6.10. The van der Waals surface area contributed by atoms with Gasteiger partial charge in [0.1, 0.15) is 22.9 Å².